The fourth-order valence-electron chi connectivity index (χ4n) is 1.88. The van der Waals surface area contributed by atoms with Crippen molar-refractivity contribution in [2.24, 2.45) is 0 Å². The molecule has 16 heavy (non-hydrogen) atoms. The van der Waals surface area contributed by atoms with Crippen LogP contribution in [0.3, 0.4) is 0 Å². The molecule has 0 bridgehead atoms. The van der Waals surface area contributed by atoms with Gasteiger partial charge in [0.2, 0.25) is 0 Å². The Kier molecular flexibility index (Phi) is 3.25. The largest absolute Gasteiger partial charge is 0.508 e. The molecule has 2 aromatic carbocycles. The van der Waals surface area contributed by atoms with Gasteiger partial charge in [0.1, 0.15) is 5.75 Å². The third kappa shape index (κ3) is 2.43. The van der Waals surface area contributed by atoms with Crippen molar-refractivity contribution < 1.29 is 5.11 Å². The molecule has 1 N–H and O–H groups in total. The minimum absolute atomic E-state index is 0.399. The minimum Gasteiger partial charge on any atom is -0.508 e. The maximum Gasteiger partial charge on any atom is 0.118 e. The van der Waals surface area contributed by atoms with E-state index in [1.165, 1.54) is 11.1 Å². The van der Waals surface area contributed by atoms with E-state index in [1.54, 1.807) is 6.07 Å². The van der Waals surface area contributed by atoms with Crippen LogP contribution in [0, 0.1) is 6.92 Å². The first-order valence-electron chi connectivity index (χ1n) is 5.59. The molecule has 0 atom stereocenters. The van der Waals surface area contributed by atoms with Gasteiger partial charge in [-0.3, -0.25) is 0 Å². The van der Waals surface area contributed by atoms with Gasteiger partial charge >= 0.3 is 0 Å². The van der Waals surface area contributed by atoms with Crippen LogP contribution in [0.4, 0.5) is 0 Å². The number of aryl methyl sites for hydroxylation is 3. The summed E-state index contributed by atoms with van der Waals surface area (Å²) in [5, 5.41) is 9.66. The number of phenolic OH excluding ortho intramolecular Hbond substituents is 1. The Hall–Kier alpha value is -1.76. The standard InChI is InChI=1S/C15H16O/c1-12-6-2-3-7-13(12)10-11-14-8-4-5-9-15(14)16/h2-9,16H,10-11H2,1H3. The molecule has 2 rings (SSSR count). The van der Waals surface area contributed by atoms with Crippen molar-refractivity contribution in [3.63, 3.8) is 0 Å². The van der Waals surface area contributed by atoms with E-state index in [0.717, 1.165) is 18.4 Å². The van der Waals surface area contributed by atoms with Crippen molar-refractivity contribution in [3.05, 3.63) is 65.2 Å². The summed E-state index contributed by atoms with van der Waals surface area (Å²) < 4.78 is 0. The third-order valence-corrected chi connectivity index (χ3v) is 2.92. The molecule has 0 aliphatic carbocycles. The molecular weight excluding hydrogens is 196 g/mol. The Morgan fingerprint density at radius 3 is 2.06 bits per heavy atom. The number of hydrogen-bond donors (Lipinski definition) is 1. The van der Waals surface area contributed by atoms with Gasteiger partial charge in [-0.25, -0.2) is 0 Å². The molecule has 1 heteroatoms. The Morgan fingerprint density at radius 2 is 1.38 bits per heavy atom. The molecule has 0 aliphatic rings. The fraction of sp³-hybridized carbons (Fsp3) is 0.200. The zero-order valence-electron chi connectivity index (χ0n) is 9.48. The first kappa shape index (κ1) is 10.7. The number of phenols is 1. The first-order valence-corrected chi connectivity index (χ1v) is 5.59. The van der Waals surface area contributed by atoms with E-state index < -0.39 is 0 Å². The topological polar surface area (TPSA) is 20.2 Å². The van der Waals surface area contributed by atoms with Crippen LogP contribution < -0.4 is 0 Å². The van der Waals surface area contributed by atoms with Gasteiger partial charge in [0, 0.05) is 0 Å². The highest BCUT2D eigenvalue weighted by Crippen LogP contribution is 2.18. The maximum atomic E-state index is 9.66. The van der Waals surface area contributed by atoms with E-state index >= 15 is 0 Å². The monoisotopic (exact) mass is 212 g/mol. The highest BCUT2D eigenvalue weighted by Gasteiger charge is 2.01. The zero-order chi connectivity index (χ0) is 11.4. The smallest absolute Gasteiger partial charge is 0.118 e. The summed E-state index contributed by atoms with van der Waals surface area (Å²) in [4.78, 5) is 0. The van der Waals surface area contributed by atoms with E-state index in [2.05, 4.69) is 31.2 Å². The molecule has 0 unspecified atom stereocenters. The van der Waals surface area contributed by atoms with Crippen molar-refractivity contribution in [1.29, 1.82) is 0 Å². The summed E-state index contributed by atoms with van der Waals surface area (Å²) in [7, 11) is 0. The molecule has 0 saturated heterocycles. The summed E-state index contributed by atoms with van der Waals surface area (Å²) in [6.45, 7) is 2.13. The quantitative estimate of drug-likeness (QED) is 0.825. The van der Waals surface area contributed by atoms with Gasteiger partial charge in [-0.2, -0.15) is 0 Å². The number of para-hydroxylation sites is 1. The number of hydrogen-bond acceptors (Lipinski definition) is 1. The Bertz CT molecular complexity index is 429. The van der Waals surface area contributed by atoms with Crippen LogP contribution in [-0.2, 0) is 12.8 Å². The molecule has 0 radical (unpaired) electrons. The van der Waals surface area contributed by atoms with Crippen LogP contribution in [0.2, 0.25) is 0 Å². The Labute approximate surface area is 96.4 Å². The average Bonchev–Trinajstić information content (AvgIpc) is 2.30. The fourth-order valence-corrected chi connectivity index (χ4v) is 1.88. The predicted molar refractivity (Wildman–Crippen MR) is 66.7 cm³/mol. The summed E-state index contributed by atoms with van der Waals surface area (Å²) in [6.07, 6.45) is 1.86. The summed E-state index contributed by atoms with van der Waals surface area (Å²) in [5.74, 6) is 0.399. The van der Waals surface area contributed by atoms with E-state index in [1.807, 2.05) is 18.2 Å². The molecule has 0 saturated carbocycles. The van der Waals surface area contributed by atoms with Gasteiger partial charge in [0.15, 0.2) is 0 Å². The second-order valence-corrected chi connectivity index (χ2v) is 4.06. The number of rotatable bonds is 3. The molecule has 0 heterocycles. The van der Waals surface area contributed by atoms with Gasteiger partial charge in [-0.1, -0.05) is 42.5 Å². The molecule has 0 fully saturated rings. The summed E-state index contributed by atoms with van der Waals surface area (Å²) in [6, 6.07) is 15.9. The van der Waals surface area contributed by atoms with Gasteiger partial charge in [-0.15, -0.1) is 0 Å². The van der Waals surface area contributed by atoms with Gasteiger partial charge in [0.25, 0.3) is 0 Å². The van der Waals surface area contributed by atoms with Gasteiger partial charge in [0.05, 0.1) is 0 Å². The lowest BCUT2D eigenvalue weighted by Gasteiger charge is -2.06. The minimum atomic E-state index is 0.399. The van der Waals surface area contributed by atoms with Crippen LogP contribution in [0.5, 0.6) is 5.75 Å². The third-order valence-electron chi connectivity index (χ3n) is 2.92. The second kappa shape index (κ2) is 4.84. The average molecular weight is 212 g/mol. The predicted octanol–water partition coefficient (Wildman–Crippen LogP) is 3.49. The first-order chi connectivity index (χ1) is 7.77. The lowest BCUT2D eigenvalue weighted by molar-refractivity contribution is 0.468. The van der Waals surface area contributed by atoms with Gasteiger partial charge in [-0.05, 0) is 42.5 Å². The molecule has 2 aromatic rings. The summed E-state index contributed by atoms with van der Waals surface area (Å²) >= 11 is 0. The molecule has 0 aromatic heterocycles. The highest BCUT2D eigenvalue weighted by molar-refractivity contribution is 5.33. The number of aromatic hydroxyl groups is 1. The maximum absolute atomic E-state index is 9.66. The van der Waals surface area contributed by atoms with Crippen molar-refractivity contribution in [1.82, 2.24) is 0 Å². The van der Waals surface area contributed by atoms with E-state index in [9.17, 15) is 5.11 Å². The van der Waals surface area contributed by atoms with Crippen LogP contribution in [0.25, 0.3) is 0 Å². The van der Waals surface area contributed by atoms with Crippen LogP contribution >= 0.6 is 0 Å². The van der Waals surface area contributed by atoms with Crippen molar-refractivity contribution in [2.45, 2.75) is 19.8 Å². The Morgan fingerprint density at radius 1 is 0.812 bits per heavy atom. The van der Waals surface area contributed by atoms with E-state index in [-0.39, 0.29) is 0 Å². The van der Waals surface area contributed by atoms with Crippen molar-refractivity contribution >= 4 is 0 Å². The zero-order valence-corrected chi connectivity index (χ0v) is 9.48. The van der Waals surface area contributed by atoms with Crippen LogP contribution in [0.15, 0.2) is 48.5 Å². The molecular formula is C15H16O. The van der Waals surface area contributed by atoms with Crippen molar-refractivity contribution in [2.75, 3.05) is 0 Å². The van der Waals surface area contributed by atoms with Crippen LogP contribution in [-0.4, -0.2) is 5.11 Å². The SMILES string of the molecule is Cc1ccccc1CCc1ccccc1O. The molecule has 0 spiro atoms. The molecule has 0 aliphatic heterocycles. The van der Waals surface area contributed by atoms with Crippen molar-refractivity contribution in [3.8, 4) is 5.75 Å². The van der Waals surface area contributed by atoms with Crippen LogP contribution in [0.1, 0.15) is 16.7 Å². The summed E-state index contributed by atoms with van der Waals surface area (Å²) in [5.41, 5.74) is 3.69. The molecule has 0 amide bonds. The van der Waals surface area contributed by atoms with E-state index in [4.69, 9.17) is 0 Å². The Balaban J connectivity index is 2.09. The normalized spacial score (nSPS) is 10.3. The van der Waals surface area contributed by atoms with E-state index in [0.29, 0.717) is 5.75 Å². The lowest BCUT2D eigenvalue weighted by Crippen LogP contribution is -1.94. The highest BCUT2D eigenvalue weighted by atomic mass is 16.3. The van der Waals surface area contributed by atoms with Gasteiger partial charge < -0.3 is 5.11 Å². The molecule has 82 valence electrons. The second-order valence-electron chi connectivity index (χ2n) is 4.06. The lowest BCUT2D eigenvalue weighted by atomic mass is 10.0. The molecule has 1 nitrogen and oxygen atoms in total. The number of benzene rings is 2.